The van der Waals surface area contributed by atoms with Gasteiger partial charge in [-0.25, -0.2) is 0 Å². The number of hydrogen-bond acceptors (Lipinski definition) is 2. The highest BCUT2D eigenvalue weighted by Gasteiger charge is 2.54. The van der Waals surface area contributed by atoms with Gasteiger partial charge in [-0.2, -0.15) is 0 Å². The lowest BCUT2D eigenvalue weighted by atomic mass is 10.1. The molecule has 3 rings (SSSR count). The lowest BCUT2D eigenvalue weighted by Crippen LogP contribution is -2.42. The summed E-state index contributed by atoms with van der Waals surface area (Å²) < 4.78 is 0. The number of likely N-dealkylation sites (N-methyl/N-ethyl adjacent to an activating group) is 1. The maximum Gasteiger partial charge on any atom is 0.0215 e. The Balaban J connectivity index is 1.58. The highest BCUT2D eigenvalue weighted by atomic mass is 15.2. The number of nitrogens with one attached hydrogen (secondary N) is 1. The number of nitrogens with zero attached hydrogens (tertiary/aromatic N) is 1. The predicted molar refractivity (Wildman–Crippen MR) is 58.3 cm³/mol. The molecule has 2 saturated carbocycles. The molecule has 0 aromatic carbocycles. The van der Waals surface area contributed by atoms with Crippen LogP contribution in [0.4, 0.5) is 0 Å². The van der Waals surface area contributed by atoms with Crippen molar-refractivity contribution in [3.8, 4) is 0 Å². The van der Waals surface area contributed by atoms with E-state index in [-0.39, 0.29) is 0 Å². The summed E-state index contributed by atoms with van der Waals surface area (Å²) in [6, 6.07) is 1.56. The molecule has 3 aliphatic rings. The van der Waals surface area contributed by atoms with Crippen molar-refractivity contribution >= 4 is 0 Å². The molecule has 0 radical (unpaired) electrons. The van der Waals surface area contributed by atoms with E-state index in [0.29, 0.717) is 5.54 Å². The van der Waals surface area contributed by atoms with E-state index in [2.05, 4.69) is 24.2 Å². The zero-order valence-electron chi connectivity index (χ0n) is 9.42. The third kappa shape index (κ3) is 1.49. The Morgan fingerprint density at radius 2 is 2.00 bits per heavy atom. The molecule has 0 aromatic heterocycles. The van der Waals surface area contributed by atoms with Crippen molar-refractivity contribution in [2.75, 3.05) is 13.6 Å². The fraction of sp³-hybridized carbons (Fsp3) is 1.00. The van der Waals surface area contributed by atoms with Crippen LogP contribution in [0.1, 0.15) is 39.0 Å². The monoisotopic (exact) mass is 194 g/mol. The summed E-state index contributed by atoms with van der Waals surface area (Å²) >= 11 is 0. The van der Waals surface area contributed by atoms with Crippen molar-refractivity contribution in [2.45, 2.75) is 56.7 Å². The first-order valence-electron chi connectivity index (χ1n) is 6.17. The van der Waals surface area contributed by atoms with E-state index in [1.165, 1.54) is 38.6 Å². The van der Waals surface area contributed by atoms with Gasteiger partial charge in [0.1, 0.15) is 0 Å². The quantitative estimate of drug-likeness (QED) is 0.734. The number of likely N-dealkylation sites (tertiary alicyclic amines) is 1. The van der Waals surface area contributed by atoms with Crippen LogP contribution in [0.2, 0.25) is 0 Å². The Bertz CT molecular complexity index is 220. The maximum atomic E-state index is 3.95. The van der Waals surface area contributed by atoms with Crippen molar-refractivity contribution in [3.63, 3.8) is 0 Å². The molecule has 2 unspecified atom stereocenters. The molecule has 0 spiro atoms. The second kappa shape index (κ2) is 2.96. The van der Waals surface area contributed by atoms with Gasteiger partial charge in [-0.15, -0.1) is 0 Å². The van der Waals surface area contributed by atoms with E-state index in [9.17, 15) is 0 Å². The van der Waals surface area contributed by atoms with Gasteiger partial charge in [0.15, 0.2) is 0 Å². The summed E-state index contributed by atoms with van der Waals surface area (Å²) in [5.74, 6) is 1.05. The zero-order chi connectivity index (χ0) is 9.76. The lowest BCUT2D eigenvalue weighted by molar-refractivity contribution is 0.320. The van der Waals surface area contributed by atoms with Crippen LogP contribution in [0.25, 0.3) is 0 Å². The van der Waals surface area contributed by atoms with Crippen molar-refractivity contribution in [3.05, 3.63) is 0 Å². The molecular weight excluding hydrogens is 172 g/mol. The summed E-state index contributed by atoms with van der Waals surface area (Å²) in [7, 11) is 2.25. The molecule has 80 valence electrons. The Labute approximate surface area is 87.0 Å². The minimum Gasteiger partial charge on any atom is -0.307 e. The highest BCUT2D eigenvalue weighted by molar-refractivity contribution is 5.13. The van der Waals surface area contributed by atoms with Crippen LogP contribution in [0.5, 0.6) is 0 Å². The molecule has 2 aliphatic carbocycles. The SMILES string of the molecule is CC1CC(NC2(C3CC3)CC2)CN1C. The van der Waals surface area contributed by atoms with Crippen molar-refractivity contribution < 1.29 is 0 Å². The first-order valence-corrected chi connectivity index (χ1v) is 6.17. The molecule has 2 nitrogen and oxygen atoms in total. The van der Waals surface area contributed by atoms with Gasteiger partial charge in [-0.3, -0.25) is 0 Å². The second-order valence-corrected chi connectivity index (χ2v) is 5.80. The smallest absolute Gasteiger partial charge is 0.0215 e. The Morgan fingerprint density at radius 3 is 2.43 bits per heavy atom. The summed E-state index contributed by atoms with van der Waals surface area (Å²) in [6.07, 6.45) is 7.24. The first kappa shape index (κ1) is 9.17. The Hall–Kier alpha value is -0.0800. The zero-order valence-corrected chi connectivity index (χ0v) is 9.42. The van der Waals surface area contributed by atoms with Gasteiger partial charge in [-0.1, -0.05) is 0 Å². The van der Waals surface area contributed by atoms with Crippen molar-refractivity contribution in [2.24, 2.45) is 5.92 Å². The molecular formula is C12H22N2. The fourth-order valence-electron chi connectivity index (χ4n) is 3.15. The highest BCUT2D eigenvalue weighted by Crippen LogP contribution is 2.54. The van der Waals surface area contributed by atoms with Gasteiger partial charge in [-0.05, 0) is 52.0 Å². The van der Waals surface area contributed by atoms with E-state index >= 15 is 0 Å². The van der Waals surface area contributed by atoms with Crippen LogP contribution in [0.3, 0.4) is 0 Å². The van der Waals surface area contributed by atoms with Gasteiger partial charge in [0.25, 0.3) is 0 Å². The van der Waals surface area contributed by atoms with Gasteiger partial charge in [0.2, 0.25) is 0 Å². The van der Waals surface area contributed by atoms with E-state index in [1.54, 1.807) is 0 Å². The lowest BCUT2D eigenvalue weighted by Gasteiger charge is -2.22. The largest absolute Gasteiger partial charge is 0.307 e. The van der Waals surface area contributed by atoms with Crippen molar-refractivity contribution in [1.82, 2.24) is 10.2 Å². The molecule has 1 N–H and O–H groups in total. The Morgan fingerprint density at radius 1 is 1.29 bits per heavy atom. The van der Waals surface area contributed by atoms with Crippen LogP contribution in [-0.4, -0.2) is 36.1 Å². The molecule has 14 heavy (non-hydrogen) atoms. The second-order valence-electron chi connectivity index (χ2n) is 5.80. The average Bonchev–Trinajstić information content (AvgIpc) is 2.97. The summed E-state index contributed by atoms with van der Waals surface area (Å²) in [5, 5.41) is 3.95. The molecule has 0 bridgehead atoms. The minimum atomic E-state index is 0.621. The molecule has 3 fully saturated rings. The van der Waals surface area contributed by atoms with Gasteiger partial charge >= 0.3 is 0 Å². The van der Waals surface area contributed by atoms with E-state index in [0.717, 1.165) is 18.0 Å². The molecule has 0 amide bonds. The van der Waals surface area contributed by atoms with Gasteiger partial charge in [0.05, 0.1) is 0 Å². The summed E-state index contributed by atoms with van der Waals surface area (Å²) in [4.78, 5) is 2.49. The predicted octanol–water partition coefficient (Wildman–Crippen LogP) is 1.61. The first-order chi connectivity index (χ1) is 6.70. The number of rotatable bonds is 3. The standard InChI is InChI=1S/C12H22N2/c1-9-7-11(8-14(9)2)13-12(5-6-12)10-3-4-10/h9-11,13H,3-8H2,1-2H3. The number of hydrogen-bond donors (Lipinski definition) is 1. The topological polar surface area (TPSA) is 15.3 Å². The normalized spacial score (nSPS) is 41.6. The van der Waals surface area contributed by atoms with Crippen LogP contribution >= 0.6 is 0 Å². The van der Waals surface area contributed by atoms with Crippen molar-refractivity contribution in [1.29, 1.82) is 0 Å². The Kier molecular flexibility index (Phi) is 1.94. The van der Waals surface area contributed by atoms with Crippen LogP contribution in [0.15, 0.2) is 0 Å². The van der Waals surface area contributed by atoms with Crippen LogP contribution < -0.4 is 5.32 Å². The van der Waals surface area contributed by atoms with Gasteiger partial charge in [0, 0.05) is 24.2 Å². The molecule has 0 aromatic rings. The van der Waals surface area contributed by atoms with E-state index < -0.39 is 0 Å². The maximum absolute atomic E-state index is 3.95. The molecule has 2 atom stereocenters. The van der Waals surface area contributed by atoms with Gasteiger partial charge < -0.3 is 10.2 Å². The molecule has 1 saturated heterocycles. The van der Waals surface area contributed by atoms with E-state index in [1.807, 2.05) is 0 Å². The van der Waals surface area contributed by atoms with Crippen LogP contribution in [-0.2, 0) is 0 Å². The summed E-state index contributed by atoms with van der Waals surface area (Å²) in [5.41, 5.74) is 0.621. The molecule has 1 aliphatic heterocycles. The third-order valence-corrected chi connectivity index (χ3v) is 4.53. The van der Waals surface area contributed by atoms with Crippen LogP contribution in [0, 0.1) is 5.92 Å². The third-order valence-electron chi connectivity index (χ3n) is 4.53. The fourth-order valence-corrected chi connectivity index (χ4v) is 3.15. The summed E-state index contributed by atoms with van der Waals surface area (Å²) in [6.45, 7) is 3.61. The minimum absolute atomic E-state index is 0.621. The molecule has 2 heteroatoms. The average molecular weight is 194 g/mol. The van der Waals surface area contributed by atoms with E-state index in [4.69, 9.17) is 0 Å². The molecule has 1 heterocycles.